The van der Waals surface area contributed by atoms with Crippen molar-refractivity contribution in [1.29, 1.82) is 0 Å². The van der Waals surface area contributed by atoms with Crippen LogP contribution in [0.4, 0.5) is 0 Å². The van der Waals surface area contributed by atoms with E-state index in [0.29, 0.717) is 4.77 Å². The largest absolute Gasteiger partial charge is 0.250 e. The topological polar surface area (TPSA) is 46.0 Å². The van der Waals surface area contributed by atoms with Crippen molar-refractivity contribution in [1.82, 2.24) is 14.9 Å². The molecule has 0 aromatic carbocycles. The Balaban J connectivity index is 2.34. The minimum atomic E-state index is 0.530. The number of thiophene rings is 1. The molecule has 2 aromatic heterocycles. The first-order valence-electron chi connectivity index (χ1n) is 4.97. The number of aromatic amines is 1. The number of nitrogens with one attached hydrogen (secondary N) is 1. The molecule has 0 atom stereocenters. The molecule has 2 rings (SSSR count). The molecule has 0 aliphatic rings. The molecule has 84 valence electrons. The van der Waals surface area contributed by atoms with E-state index in [9.17, 15) is 0 Å². The Hall–Kier alpha value is -1.27. The fourth-order valence-corrected chi connectivity index (χ4v) is 2.28. The van der Waals surface area contributed by atoms with Gasteiger partial charge in [0.25, 0.3) is 0 Å². The van der Waals surface area contributed by atoms with Gasteiger partial charge in [-0.2, -0.15) is 14.9 Å². The van der Waals surface area contributed by atoms with Crippen molar-refractivity contribution in [2.24, 2.45) is 5.10 Å². The Morgan fingerprint density at radius 2 is 2.50 bits per heavy atom. The maximum absolute atomic E-state index is 5.10. The van der Waals surface area contributed by atoms with Crippen LogP contribution in [0, 0.1) is 11.7 Å². The van der Waals surface area contributed by atoms with Gasteiger partial charge in [-0.1, -0.05) is 6.92 Å². The number of aromatic nitrogens is 3. The predicted molar refractivity (Wildman–Crippen MR) is 68.8 cm³/mol. The molecule has 0 aliphatic carbocycles. The average molecular weight is 252 g/mol. The normalized spacial score (nSPS) is 11.4. The Morgan fingerprint density at radius 3 is 3.12 bits per heavy atom. The van der Waals surface area contributed by atoms with Crippen LogP contribution in [0.1, 0.15) is 23.2 Å². The highest BCUT2D eigenvalue weighted by molar-refractivity contribution is 7.71. The molecule has 4 nitrogen and oxygen atoms in total. The monoisotopic (exact) mass is 252 g/mol. The third kappa shape index (κ3) is 2.12. The molecule has 0 fully saturated rings. The van der Waals surface area contributed by atoms with Crippen LogP contribution < -0.4 is 0 Å². The molecule has 1 N–H and O–H groups in total. The van der Waals surface area contributed by atoms with Gasteiger partial charge in [-0.15, -0.1) is 11.3 Å². The molecule has 0 spiro atoms. The molecule has 0 bridgehead atoms. The fourth-order valence-electron chi connectivity index (χ4n) is 1.30. The molecule has 0 saturated heterocycles. The van der Waals surface area contributed by atoms with Gasteiger partial charge in [0.2, 0.25) is 4.77 Å². The zero-order chi connectivity index (χ0) is 11.5. The molecule has 0 aliphatic heterocycles. The van der Waals surface area contributed by atoms with Crippen molar-refractivity contribution in [2.45, 2.75) is 20.3 Å². The van der Waals surface area contributed by atoms with Gasteiger partial charge in [0.05, 0.1) is 11.1 Å². The quantitative estimate of drug-likeness (QED) is 0.674. The van der Waals surface area contributed by atoms with Crippen LogP contribution in [0.3, 0.4) is 0 Å². The van der Waals surface area contributed by atoms with Crippen LogP contribution >= 0.6 is 23.6 Å². The van der Waals surface area contributed by atoms with Gasteiger partial charge in [0, 0.05) is 6.42 Å². The second kappa shape index (κ2) is 4.71. The van der Waals surface area contributed by atoms with Gasteiger partial charge in [-0.05, 0) is 36.2 Å². The van der Waals surface area contributed by atoms with Crippen LogP contribution in [0.5, 0.6) is 0 Å². The number of hydrogen-bond acceptors (Lipinski definition) is 4. The van der Waals surface area contributed by atoms with E-state index in [0.717, 1.165) is 17.1 Å². The lowest BCUT2D eigenvalue weighted by Crippen LogP contribution is -1.97. The van der Waals surface area contributed by atoms with Crippen LogP contribution in [-0.2, 0) is 6.42 Å². The molecule has 0 unspecified atom stereocenters. The number of rotatable bonds is 3. The minimum Gasteiger partial charge on any atom is -0.250 e. The van der Waals surface area contributed by atoms with Gasteiger partial charge in [0.1, 0.15) is 0 Å². The highest BCUT2D eigenvalue weighted by Crippen LogP contribution is 2.12. The lowest BCUT2D eigenvalue weighted by molar-refractivity contribution is 0.780. The van der Waals surface area contributed by atoms with E-state index in [1.807, 2.05) is 18.5 Å². The molecule has 6 heteroatoms. The van der Waals surface area contributed by atoms with E-state index in [4.69, 9.17) is 12.2 Å². The van der Waals surface area contributed by atoms with Crippen LogP contribution in [0.25, 0.3) is 0 Å². The van der Waals surface area contributed by atoms with Gasteiger partial charge in [0.15, 0.2) is 5.82 Å². The maximum Gasteiger partial charge on any atom is 0.216 e. The molecule has 0 saturated carbocycles. The first-order chi connectivity index (χ1) is 7.72. The molecule has 0 amide bonds. The molecular weight excluding hydrogens is 240 g/mol. The van der Waals surface area contributed by atoms with Gasteiger partial charge in [-0.25, -0.2) is 0 Å². The molecular formula is C10H12N4S2. The number of H-pyrrole nitrogens is 1. The van der Waals surface area contributed by atoms with Crippen molar-refractivity contribution in [3.63, 3.8) is 0 Å². The van der Waals surface area contributed by atoms with Crippen LogP contribution in [0.2, 0.25) is 0 Å². The van der Waals surface area contributed by atoms with Crippen molar-refractivity contribution >= 4 is 29.8 Å². The molecule has 0 radical (unpaired) electrons. The SMILES string of the molecule is CCc1n[nH]c(=S)n1N=Cc1sccc1C. The van der Waals surface area contributed by atoms with E-state index in [-0.39, 0.29) is 0 Å². The predicted octanol–water partition coefficient (Wildman–Crippen LogP) is 2.76. The summed E-state index contributed by atoms with van der Waals surface area (Å²) in [5.74, 6) is 0.843. The van der Waals surface area contributed by atoms with E-state index in [1.54, 1.807) is 16.0 Å². The maximum atomic E-state index is 5.10. The van der Waals surface area contributed by atoms with E-state index in [2.05, 4.69) is 28.3 Å². The highest BCUT2D eigenvalue weighted by Gasteiger charge is 2.01. The van der Waals surface area contributed by atoms with Crippen molar-refractivity contribution < 1.29 is 0 Å². The average Bonchev–Trinajstić information content (AvgIpc) is 2.82. The standard InChI is InChI=1S/C10H12N4S2/c1-3-9-12-13-10(15)14(9)11-6-8-7(2)4-5-16-8/h4-6H,3H2,1-2H3,(H,13,15). The van der Waals surface area contributed by atoms with E-state index >= 15 is 0 Å². The number of nitrogens with zero attached hydrogens (tertiary/aromatic N) is 3. The first kappa shape index (κ1) is 11.2. The van der Waals surface area contributed by atoms with Gasteiger partial charge < -0.3 is 0 Å². The van der Waals surface area contributed by atoms with Gasteiger partial charge >= 0.3 is 0 Å². The molecule has 2 heterocycles. The second-order valence-electron chi connectivity index (χ2n) is 3.32. The van der Waals surface area contributed by atoms with Crippen molar-refractivity contribution in [2.75, 3.05) is 0 Å². The van der Waals surface area contributed by atoms with Crippen LogP contribution in [0.15, 0.2) is 16.5 Å². The number of hydrogen-bond donors (Lipinski definition) is 1. The summed E-state index contributed by atoms with van der Waals surface area (Å²) < 4.78 is 2.19. The summed E-state index contributed by atoms with van der Waals surface area (Å²) in [5.41, 5.74) is 1.22. The lowest BCUT2D eigenvalue weighted by Gasteiger charge is -1.95. The highest BCUT2D eigenvalue weighted by atomic mass is 32.1. The van der Waals surface area contributed by atoms with Crippen molar-refractivity contribution in [3.05, 3.63) is 32.5 Å². The zero-order valence-electron chi connectivity index (χ0n) is 9.10. The zero-order valence-corrected chi connectivity index (χ0v) is 10.7. The minimum absolute atomic E-state index is 0.530. The van der Waals surface area contributed by atoms with E-state index in [1.165, 1.54) is 5.56 Å². The Labute approximate surface area is 103 Å². The summed E-state index contributed by atoms with van der Waals surface area (Å²) in [6.07, 6.45) is 2.62. The molecule has 2 aromatic rings. The first-order valence-corrected chi connectivity index (χ1v) is 6.26. The third-order valence-electron chi connectivity index (χ3n) is 2.23. The fraction of sp³-hybridized carbons (Fsp3) is 0.300. The summed E-state index contributed by atoms with van der Waals surface area (Å²) in [5, 5.41) is 13.2. The summed E-state index contributed by atoms with van der Waals surface area (Å²) in [6.45, 7) is 4.08. The summed E-state index contributed by atoms with van der Waals surface area (Å²) >= 11 is 6.76. The second-order valence-corrected chi connectivity index (χ2v) is 4.66. The van der Waals surface area contributed by atoms with Gasteiger partial charge in [-0.3, -0.25) is 5.10 Å². The summed E-state index contributed by atoms with van der Waals surface area (Å²) in [4.78, 5) is 1.14. The summed E-state index contributed by atoms with van der Waals surface area (Å²) in [7, 11) is 0. The van der Waals surface area contributed by atoms with E-state index < -0.39 is 0 Å². The Bertz CT molecular complexity index is 561. The Kier molecular flexibility index (Phi) is 3.31. The van der Waals surface area contributed by atoms with Crippen molar-refractivity contribution in [3.8, 4) is 0 Å². The lowest BCUT2D eigenvalue weighted by atomic mass is 10.3. The van der Waals surface area contributed by atoms with Crippen LogP contribution in [-0.4, -0.2) is 21.1 Å². The summed E-state index contributed by atoms with van der Waals surface area (Å²) in [6, 6.07) is 2.07. The number of aryl methyl sites for hydroxylation is 2. The Morgan fingerprint density at radius 1 is 1.69 bits per heavy atom. The molecule has 16 heavy (non-hydrogen) atoms. The third-order valence-corrected chi connectivity index (χ3v) is 3.44. The smallest absolute Gasteiger partial charge is 0.216 e.